The first-order chi connectivity index (χ1) is 6.86. The highest BCUT2D eigenvalue weighted by Gasteiger charge is 2.34. The molecule has 0 bridgehead atoms. The second kappa shape index (κ2) is 3.71. The lowest BCUT2D eigenvalue weighted by Crippen LogP contribution is -2.16. The summed E-state index contributed by atoms with van der Waals surface area (Å²) >= 11 is 0. The van der Waals surface area contributed by atoms with Crippen molar-refractivity contribution in [2.24, 2.45) is 0 Å². The van der Waals surface area contributed by atoms with E-state index in [-0.39, 0.29) is 0 Å². The number of anilines is 1. The number of nitrogens with two attached hydrogens (primary N) is 1. The highest BCUT2D eigenvalue weighted by Crippen LogP contribution is 2.27. The van der Waals surface area contributed by atoms with Crippen molar-refractivity contribution in [1.29, 1.82) is 0 Å². The van der Waals surface area contributed by atoms with Gasteiger partial charge in [0.2, 0.25) is 0 Å². The van der Waals surface area contributed by atoms with Crippen LogP contribution in [0, 0.1) is 0 Å². The molecule has 1 rings (SSSR count). The van der Waals surface area contributed by atoms with Crippen LogP contribution in [-0.4, -0.2) is 23.0 Å². The third-order valence-electron chi connectivity index (χ3n) is 1.47. The molecule has 1 heterocycles. The number of methoxy groups -OCH3 is 1. The van der Waals surface area contributed by atoms with Crippen LogP contribution in [0.25, 0.3) is 0 Å². The minimum absolute atomic E-state index is 0.408. The van der Waals surface area contributed by atoms with Gasteiger partial charge in [-0.1, -0.05) is 0 Å². The van der Waals surface area contributed by atoms with E-state index in [1.54, 1.807) is 0 Å². The van der Waals surface area contributed by atoms with Crippen molar-refractivity contribution in [1.82, 2.24) is 9.97 Å². The summed E-state index contributed by atoms with van der Waals surface area (Å²) in [5, 5.41) is 0. The number of halogens is 3. The van der Waals surface area contributed by atoms with Gasteiger partial charge in [-0.05, 0) is 0 Å². The molecule has 0 radical (unpaired) electrons. The molecule has 0 spiro atoms. The molecule has 0 saturated carbocycles. The first kappa shape index (κ1) is 11.2. The maximum atomic E-state index is 12.2. The van der Waals surface area contributed by atoms with Crippen molar-refractivity contribution < 1.29 is 22.7 Å². The van der Waals surface area contributed by atoms with E-state index in [0.717, 1.165) is 7.11 Å². The Balaban J connectivity index is 3.23. The lowest BCUT2D eigenvalue weighted by Gasteiger charge is -2.07. The SMILES string of the molecule is COC(=O)c1nc(C(F)(F)F)cnc1N. The summed E-state index contributed by atoms with van der Waals surface area (Å²) < 4.78 is 40.7. The molecular weight excluding hydrogens is 215 g/mol. The van der Waals surface area contributed by atoms with E-state index in [0.29, 0.717) is 6.20 Å². The van der Waals surface area contributed by atoms with E-state index in [4.69, 9.17) is 5.73 Å². The number of rotatable bonds is 1. The Labute approximate surface area is 82.1 Å². The van der Waals surface area contributed by atoms with Gasteiger partial charge in [0, 0.05) is 0 Å². The van der Waals surface area contributed by atoms with Crippen LogP contribution < -0.4 is 5.73 Å². The number of carbonyl (C=O) groups excluding carboxylic acids is 1. The van der Waals surface area contributed by atoms with Gasteiger partial charge >= 0.3 is 12.1 Å². The van der Waals surface area contributed by atoms with Crippen LogP contribution in [-0.2, 0) is 10.9 Å². The van der Waals surface area contributed by atoms with Gasteiger partial charge in [0.05, 0.1) is 13.3 Å². The number of carbonyl (C=O) groups is 1. The zero-order valence-electron chi connectivity index (χ0n) is 7.50. The smallest absolute Gasteiger partial charge is 0.434 e. The Morgan fingerprint density at radius 1 is 1.53 bits per heavy atom. The summed E-state index contributed by atoms with van der Waals surface area (Å²) in [6.45, 7) is 0. The Morgan fingerprint density at radius 3 is 2.60 bits per heavy atom. The van der Waals surface area contributed by atoms with Gasteiger partial charge in [-0.2, -0.15) is 13.2 Å². The van der Waals surface area contributed by atoms with Crippen molar-refractivity contribution >= 4 is 11.8 Å². The Kier molecular flexibility index (Phi) is 2.78. The van der Waals surface area contributed by atoms with Crippen LogP contribution in [0.4, 0.5) is 19.0 Å². The monoisotopic (exact) mass is 221 g/mol. The van der Waals surface area contributed by atoms with Gasteiger partial charge in [-0.15, -0.1) is 0 Å². The molecule has 1 aromatic rings. The minimum Gasteiger partial charge on any atom is -0.464 e. The van der Waals surface area contributed by atoms with Gasteiger partial charge in [0.1, 0.15) is 0 Å². The zero-order valence-corrected chi connectivity index (χ0v) is 7.50. The largest absolute Gasteiger partial charge is 0.464 e. The van der Waals surface area contributed by atoms with E-state index < -0.39 is 29.4 Å². The second-order valence-electron chi connectivity index (χ2n) is 2.48. The van der Waals surface area contributed by atoms with Crippen LogP contribution in [0.3, 0.4) is 0 Å². The van der Waals surface area contributed by atoms with E-state index in [2.05, 4.69) is 14.7 Å². The molecule has 0 aliphatic carbocycles. The molecule has 0 saturated heterocycles. The average molecular weight is 221 g/mol. The molecule has 0 unspecified atom stereocenters. The number of ether oxygens (including phenoxy) is 1. The Hall–Kier alpha value is -1.86. The predicted octanol–water partition coefficient (Wildman–Crippen LogP) is 0.864. The summed E-state index contributed by atoms with van der Waals surface area (Å²) in [4.78, 5) is 17.2. The normalized spacial score (nSPS) is 11.2. The topological polar surface area (TPSA) is 78.1 Å². The van der Waals surface area contributed by atoms with Crippen molar-refractivity contribution in [2.45, 2.75) is 6.18 Å². The van der Waals surface area contributed by atoms with Crippen molar-refractivity contribution in [3.05, 3.63) is 17.6 Å². The number of hydrogen-bond acceptors (Lipinski definition) is 5. The summed E-state index contributed by atoms with van der Waals surface area (Å²) in [5.41, 5.74) is 3.23. The van der Waals surface area contributed by atoms with Crippen LogP contribution in [0.5, 0.6) is 0 Å². The third-order valence-corrected chi connectivity index (χ3v) is 1.47. The standard InChI is InChI=1S/C7H6F3N3O2/c1-15-6(14)4-5(11)12-2-3(13-4)7(8,9)10/h2H,1H3,(H2,11,12). The number of alkyl halides is 3. The molecule has 0 atom stereocenters. The Morgan fingerprint density at radius 2 is 2.13 bits per heavy atom. The molecule has 2 N–H and O–H groups in total. The van der Waals surface area contributed by atoms with Crippen molar-refractivity contribution in [3.8, 4) is 0 Å². The minimum atomic E-state index is -4.68. The number of nitrogens with zero attached hydrogens (tertiary/aromatic N) is 2. The fourth-order valence-corrected chi connectivity index (χ4v) is 0.782. The van der Waals surface area contributed by atoms with E-state index in [1.165, 1.54) is 0 Å². The number of aromatic nitrogens is 2. The molecule has 82 valence electrons. The lowest BCUT2D eigenvalue weighted by molar-refractivity contribution is -0.141. The molecular formula is C7H6F3N3O2. The van der Waals surface area contributed by atoms with Gasteiger partial charge in [0.25, 0.3) is 0 Å². The lowest BCUT2D eigenvalue weighted by atomic mass is 10.3. The highest BCUT2D eigenvalue weighted by atomic mass is 19.4. The molecule has 0 fully saturated rings. The number of hydrogen-bond donors (Lipinski definition) is 1. The molecule has 5 nitrogen and oxygen atoms in total. The van der Waals surface area contributed by atoms with Gasteiger partial charge in [-0.25, -0.2) is 14.8 Å². The van der Waals surface area contributed by atoms with Crippen LogP contribution in [0.1, 0.15) is 16.2 Å². The summed E-state index contributed by atoms with van der Waals surface area (Å²) in [5.74, 6) is -1.47. The Bertz CT molecular complexity index is 392. The fraction of sp³-hybridized carbons (Fsp3) is 0.286. The molecule has 15 heavy (non-hydrogen) atoms. The molecule has 0 aliphatic heterocycles. The predicted molar refractivity (Wildman–Crippen MR) is 42.8 cm³/mol. The third kappa shape index (κ3) is 2.33. The van der Waals surface area contributed by atoms with Crippen LogP contribution >= 0.6 is 0 Å². The van der Waals surface area contributed by atoms with E-state index in [1.807, 2.05) is 0 Å². The highest BCUT2D eigenvalue weighted by molar-refractivity contribution is 5.91. The second-order valence-corrected chi connectivity index (χ2v) is 2.48. The van der Waals surface area contributed by atoms with Gasteiger partial charge in [0.15, 0.2) is 17.2 Å². The van der Waals surface area contributed by atoms with Crippen LogP contribution in [0.15, 0.2) is 6.20 Å². The van der Waals surface area contributed by atoms with E-state index >= 15 is 0 Å². The van der Waals surface area contributed by atoms with Gasteiger partial charge < -0.3 is 10.5 Å². The first-order valence-corrected chi connectivity index (χ1v) is 3.64. The van der Waals surface area contributed by atoms with Crippen molar-refractivity contribution in [2.75, 3.05) is 12.8 Å². The van der Waals surface area contributed by atoms with Gasteiger partial charge in [-0.3, -0.25) is 0 Å². The quantitative estimate of drug-likeness (QED) is 0.711. The fourth-order valence-electron chi connectivity index (χ4n) is 0.782. The zero-order chi connectivity index (χ0) is 11.6. The summed E-state index contributed by atoms with van der Waals surface area (Å²) in [7, 11) is 1.00. The summed E-state index contributed by atoms with van der Waals surface area (Å²) in [6.07, 6.45) is -4.23. The average Bonchev–Trinajstić information content (AvgIpc) is 2.15. The molecule has 0 aliphatic rings. The van der Waals surface area contributed by atoms with Crippen LogP contribution in [0.2, 0.25) is 0 Å². The maximum absolute atomic E-state index is 12.2. The van der Waals surface area contributed by atoms with E-state index in [9.17, 15) is 18.0 Å². The first-order valence-electron chi connectivity index (χ1n) is 3.64. The molecule has 0 aromatic carbocycles. The maximum Gasteiger partial charge on any atom is 0.434 e. The molecule has 1 aromatic heterocycles. The number of nitrogen functional groups attached to an aromatic ring is 1. The molecule has 0 amide bonds. The summed E-state index contributed by atoms with van der Waals surface area (Å²) in [6, 6.07) is 0. The molecule has 8 heteroatoms. The number of esters is 1. The van der Waals surface area contributed by atoms with Crippen molar-refractivity contribution in [3.63, 3.8) is 0 Å².